The van der Waals surface area contributed by atoms with E-state index in [1.165, 1.54) is 22.2 Å². The molecule has 146 valence electrons. The zero-order valence-corrected chi connectivity index (χ0v) is 18.3. The van der Waals surface area contributed by atoms with E-state index in [1.807, 2.05) is 60.8 Å². The average molecular weight is 468 g/mol. The second-order valence-corrected chi connectivity index (χ2v) is 8.60. The van der Waals surface area contributed by atoms with Crippen LogP contribution >= 0.6 is 27.3 Å². The molecule has 1 atom stereocenters. The normalized spacial score (nSPS) is 12.1. The van der Waals surface area contributed by atoms with Crippen LogP contribution in [0.15, 0.2) is 69.5 Å². The Morgan fingerprint density at radius 2 is 1.83 bits per heavy atom. The molecule has 29 heavy (non-hydrogen) atoms. The minimum Gasteiger partial charge on any atom is -0.324 e. The Labute approximate surface area is 180 Å². The number of nitrogens with zero attached hydrogens (tertiary/aromatic N) is 2. The first-order chi connectivity index (χ1) is 13.9. The van der Waals surface area contributed by atoms with Gasteiger partial charge in [-0.2, -0.15) is 0 Å². The highest BCUT2D eigenvalue weighted by Gasteiger charge is 2.20. The summed E-state index contributed by atoms with van der Waals surface area (Å²) in [7, 11) is 0. The Morgan fingerprint density at radius 3 is 2.52 bits per heavy atom. The number of rotatable bonds is 4. The molecular weight excluding hydrogens is 450 g/mol. The minimum atomic E-state index is -0.696. The third-order valence-corrected chi connectivity index (χ3v) is 6.21. The van der Waals surface area contributed by atoms with E-state index in [1.54, 1.807) is 6.92 Å². The van der Waals surface area contributed by atoms with Gasteiger partial charge in [0.15, 0.2) is 0 Å². The van der Waals surface area contributed by atoms with Crippen LogP contribution in [0.2, 0.25) is 0 Å². The Bertz CT molecular complexity index is 1240. The third kappa shape index (κ3) is 3.88. The number of nitrogens with one attached hydrogen (secondary N) is 1. The smallest absolute Gasteiger partial charge is 0.263 e. The van der Waals surface area contributed by atoms with Crippen molar-refractivity contribution in [1.82, 2.24) is 9.55 Å². The highest BCUT2D eigenvalue weighted by atomic mass is 79.9. The molecule has 2 heterocycles. The van der Waals surface area contributed by atoms with Crippen molar-refractivity contribution in [3.05, 3.63) is 80.6 Å². The summed E-state index contributed by atoms with van der Waals surface area (Å²) in [6.45, 7) is 3.68. The number of amides is 1. The predicted octanol–water partition coefficient (Wildman–Crippen LogP) is 5.40. The molecule has 2 aromatic heterocycles. The number of aromatic nitrogens is 2. The summed E-state index contributed by atoms with van der Waals surface area (Å²) >= 11 is 4.85. The fraction of sp³-hybridized carbons (Fsp3) is 0.136. The van der Waals surface area contributed by atoms with Crippen molar-refractivity contribution in [2.24, 2.45) is 0 Å². The molecule has 4 rings (SSSR count). The number of hydrogen-bond acceptors (Lipinski definition) is 4. The lowest BCUT2D eigenvalue weighted by Crippen LogP contribution is -2.31. The first-order valence-electron chi connectivity index (χ1n) is 9.06. The molecule has 2 aromatic carbocycles. The lowest BCUT2D eigenvalue weighted by molar-refractivity contribution is -0.118. The maximum absolute atomic E-state index is 13.2. The second-order valence-electron chi connectivity index (χ2n) is 6.82. The first-order valence-corrected chi connectivity index (χ1v) is 10.7. The molecule has 0 fully saturated rings. The van der Waals surface area contributed by atoms with Crippen molar-refractivity contribution in [2.75, 3.05) is 5.32 Å². The quantitative estimate of drug-likeness (QED) is 0.437. The zero-order valence-electron chi connectivity index (χ0n) is 15.8. The van der Waals surface area contributed by atoms with Crippen LogP contribution in [0.25, 0.3) is 21.3 Å². The van der Waals surface area contributed by atoms with Crippen LogP contribution in [0.4, 0.5) is 5.69 Å². The summed E-state index contributed by atoms with van der Waals surface area (Å²) < 4.78 is 2.36. The van der Waals surface area contributed by atoms with Gasteiger partial charge in [-0.05, 0) is 43.7 Å². The van der Waals surface area contributed by atoms with E-state index >= 15 is 0 Å². The van der Waals surface area contributed by atoms with Gasteiger partial charge >= 0.3 is 0 Å². The van der Waals surface area contributed by atoms with E-state index in [2.05, 4.69) is 26.2 Å². The molecule has 0 aliphatic carbocycles. The molecule has 0 bridgehead atoms. The van der Waals surface area contributed by atoms with Crippen LogP contribution in [-0.2, 0) is 4.79 Å². The molecule has 0 saturated carbocycles. The van der Waals surface area contributed by atoms with Gasteiger partial charge in [0.05, 0.1) is 11.7 Å². The van der Waals surface area contributed by atoms with Crippen LogP contribution in [0.5, 0.6) is 0 Å². The number of carbonyl (C=O) groups excluding carboxylic acids is 1. The van der Waals surface area contributed by atoms with Crippen LogP contribution in [0.3, 0.4) is 0 Å². The molecule has 1 unspecified atom stereocenters. The number of benzene rings is 2. The lowest BCUT2D eigenvalue weighted by atomic mass is 10.1. The number of hydrogen-bond donors (Lipinski definition) is 1. The molecule has 1 amide bonds. The summed E-state index contributed by atoms with van der Waals surface area (Å²) in [5.74, 6) is -0.266. The summed E-state index contributed by atoms with van der Waals surface area (Å²) in [6, 6.07) is 14.6. The Hall–Kier alpha value is -2.77. The van der Waals surface area contributed by atoms with E-state index in [4.69, 9.17) is 0 Å². The molecule has 0 spiro atoms. The zero-order chi connectivity index (χ0) is 20.5. The van der Waals surface area contributed by atoms with E-state index in [9.17, 15) is 9.59 Å². The first kappa shape index (κ1) is 19.5. The number of thiophene rings is 1. The Morgan fingerprint density at radius 1 is 1.14 bits per heavy atom. The monoisotopic (exact) mass is 467 g/mol. The fourth-order valence-electron chi connectivity index (χ4n) is 3.07. The molecule has 1 N–H and O–H groups in total. The number of halogens is 1. The predicted molar refractivity (Wildman–Crippen MR) is 122 cm³/mol. The van der Waals surface area contributed by atoms with Gasteiger partial charge in [0.2, 0.25) is 5.91 Å². The molecule has 0 radical (unpaired) electrons. The molecule has 7 heteroatoms. The number of anilines is 1. The van der Waals surface area contributed by atoms with E-state index < -0.39 is 6.04 Å². The summed E-state index contributed by atoms with van der Waals surface area (Å²) in [5.41, 5.74) is 3.35. The molecule has 4 aromatic rings. The summed E-state index contributed by atoms with van der Waals surface area (Å²) in [6.07, 6.45) is 1.45. The van der Waals surface area contributed by atoms with Crippen molar-refractivity contribution in [3.63, 3.8) is 0 Å². The van der Waals surface area contributed by atoms with Crippen molar-refractivity contribution in [2.45, 2.75) is 19.9 Å². The standard InChI is InChI=1S/C22H18BrN3O2S/c1-13-3-9-17(10-4-13)25-20(27)14(2)26-12-24-21-19(22(26)28)18(11-29-21)15-5-7-16(23)8-6-15/h3-12,14H,1-2H3,(H,25,27). The molecular formula is C22H18BrN3O2S. The maximum atomic E-state index is 13.2. The molecule has 0 aliphatic rings. The van der Waals surface area contributed by atoms with Crippen LogP contribution in [0.1, 0.15) is 18.5 Å². The van der Waals surface area contributed by atoms with Gasteiger partial charge in [-0.1, -0.05) is 45.8 Å². The number of fused-ring (bicyclic) bond motifs is 1. The Kier molecular flexibility index (Phi) is 5.34. The third-order valence-electron chi connectivity index (χ3n) is 4.79. The maximum Gasteiger partial charge on any atom is 0.263 e. The van der Waals surface area contributed by atoms with Crippen molar-refractivity contribution < 1.29 is 4.79 Å². The van der Waals surface area contributed by atoms with Crippen molar-refractivity contribution >= 4 is 49.1 Å². The number of carbonyl (C=O) groups is 1. The number of aryl methyl sites for hydroxylation is 1. The van der Waals surface area contributed by atoms with Gasteiger partial charge < -0.3 is 5.32 Å². The highest BCUT2D eigenvalue weighted by Crippen LogP contribution is 2.31. The molecule has 0 aliphatic heterocycles. The lowest BCUT2D eigenvalue weighted by Gasteiger charge is -2.15. The topological polar surface area (TPSA) is 64.0 Å². The SMILES string of the molecule is Cc1ccc(NC(=O)C(C)n2cnc3scc(-c4ccc(Br)cc4)c3c2=O)cc1. The van der Waals surface area contributed by atoms with Gasteiger partial charge in [-0.25, -0.2) is 4.98 Å². The van der Waals surface area contributed by atoms with Crippen LogP contribution < -0.4 is 10.9 Å². The van der Waals surface area contributed by atoms with Crippen molar-refractivity contribution in [3.8, 4) is 11.1 Å². The van der Waals surface area contributed by atoms with Gasteiger partial charge in [0.1, 0.15) is 10.9 Å². The average Bonchev–Trinajstić information content (AvgIpc) is 3.15. The van der Waals surface area contributed by atoms with Gasteiger partial charge in [-0.15, -0.1) is 11.3 Å². The summed E-state index contributed by atoms with van der Waals surface area (Å²) in [4.78, 5) is 31.0. The Balaban J connectivity index is 1.70. The van der Waals surface area contributed by atoms with E-state index in [-0.39, 0.29) is 11.5 Å². The minimum absolute atomic E-state index is 0.222. The van der Waals surface area contributed by atoms with Gasteiger partial charge in [0, 0.05) is 21.1 Å². The largest absolute Gasteiger partial charge is 0.324 e. The van der Waals surface area contributed by atoms with E-state index in [0.29, 0.717) is 15.9 Å². The highest BCUT2D eigenvalue weighted by molar-refractivity contribution is 9.10. The van der Waals surface area contributed by atoms with Crippen LogP contribution in [-0.4, -0.2) is 15.5 Å². The van der Waals surface area contributed by atoms with Gasteiger partial charge in [0.25, 0.3) is 5.56 Å². The molecule has 0 saturated heterocycles. The van der Waals surface area contributed by atoms with Crippen LogP contribution in [0, 0.1) is 6.92 Å². The second kappa shape index (κ2) is 7.93. The molecule has 5 nitrogen and oxygen atoms in total. The van der Waals surface area contributed by atoms with E-state index in [0.717, 1.165) is 21.2 Å². The fourth-order valence-corrected chi connectivity index (χ4v) is 4.24. The van der Waals surface area contributed by atoms with Gasteiger partial charge in [-0.3, -0.25) is 14.2 Å². The summed E-state index contributed by atoms with van der Waals surface area (Å²) in [5, 5.41) is 5.33. The van der Waals surface area contributed by atoms with Crippen molar-refractivity contribution in [1.29, 1.82) is 0 Å².